The van der Waals surface area contributed by atoms with Crippen LogP contribution in [0.3, 0.4) is 0 Å². The molecule has 1 saturated heterocycles. The van der Waals surface area contributed by atoms with E-state index < -0.39 is 10.8 Å². The van der Waals surface area contributed by atoms with E-state index in [2.05, 4.69) is 15.5 Å². The second kappa shape index (κ2) is 9.22. The van der Waals surface area contributed by atoms with Gasteiger partial charge < -0.3 is 19.5 Å². The molecule has 0 bridgehead atoms. The molecule has 0 spiro atoms. The van der Waals surface area contributed by atoms with E-state index in [-0.39, 0.29) is 29.4 Å². The molecular weight excluding hydrogens is 420 g/mol. The standard InChI is InChI=1S/C16H20N6O5S2/c1-10(2)17-12(23)9-28-16-19-18-15(29-16)21-7-5-20(6-8-21)14(24)11-3-4-13(27-11)22(25)26/h3-4,10H,5-9H2,1-2H3,(H,17,23). The van der Waals surface area contributed by atoms with E-state index in [0.29, 0.717) is 30.5 Å². The molecule has 0 radical (unpaired) electrons. The molecule has 1 fully saturated rings. The number of furan rings is 1. The number of rotatable bonds is 7. The van der Waals surface area contributed by atoms with Crippen molar-refractivity contribution in [3.8, 4) is 0 Å². The predicted octanol–water partition coefficient (Wildman–Crippen LogP) is 1.62. The molecule has 13 heteroatoms. The summed E-state index contributed by atoms with van der Waals surface area (Å²) in [5.41, 5.74) is 0. The first-order valence-electron chi connectivity index (χ1n) is 8.87. The van der Waals surface area contributed by atoms with E-state index in [9.17, 15) is 19.7 Å². The summed E-state index contributed by atoms with van der Waals surface area (Å²) in [5.74, 6) is -0.633. The number of aromatic nitrogens is 2. The number of piperazine rings is 1. The highest BCUT2D eigenvalue weighted by Crippen LogP contribution is 2.28. The fourth-order valence-corrected chi connectivity index (χ4v) is 4.38. The van der Waals surface area contributed by atoms with Crippen LogP contribution in [0.15, 0.2) is 20.9 Å². The van der Waals surface area contributed by atoms with Crippen LogP contribution in [0.5, 0.6) is 0 Å². The number of nitrogens with one attached hydrogen (secondary N) is 1. The van der Waals surface area contributed by atoms with Gasteiger partial charge in [0.05, 0.1) is 11.8 Å². The zero-order chi connectivity index (χ0) is 21.0. The van der Waals surface area contributed by atoms with Crippen LogP contribution in [0, 0.1) is 10.1 Å². The van der Waals surface area contributed by atoms with Crippen LogP contribution >= 0.6 is 23.1 Å². The highest BCUT2D eigenvalue weighted by atomic mass is 32.2. The molecule has 1 aliphatic heterocycles. The van der Waals surface area contributed by atoms with E-state index in [0.717, 1.165) is 5.13 Å². The molecule has 1 aliphatic rings. The third-order valence-electron chi connectivity index (χ3n) is 3.99. The van der Waals surface area contributed by atoms with Crippen molar-refractivity contribution in [2.75, 3.05) is 36.8 Å². The number of nitrogens with zero attached hydrogens (tertiary/aromatic N) is 5. The molecule has 2 aromatic rings. The van der Waals surface area contributed by atoms with E-state index in [1.807, 2.05) is 18.7 Å². The van der Waals surface area contributed by atoms with Crippen molar-refractivity contribution in [3.63, 3.8) is 0 Å². The molecule has 0 aromatic carbocycles. The molecule has 3 heterocycles. The maximum Gasteiger partial charge on any atom is 0.433 e. The minimum atomic E-state index is -0.674. The Morgan fingerprint density at radius 2 is 2.03 bits per heavy atom. The summed E-state index contributed by atoms with van der Waals surface area (Å²) >= 11 is 2.74. The van der Waals surface area contributed by atoms with Crippen molar-refractivity contribution in [1.29, 1.82) is 0 Å². The predicted molar refractivity (Wildman–Crippen MR) is 107 cm³/mol. The first-order chi connectivity index (χ1) is 13.8. The van der Waals surface area contributed by atoms with Gasteiger partial charge >= 0.3 is 5.88 Å². The highest BCUT2D eigenvalue weighted by molar-refractivity contribution is 8.01. The van der Waals surface area contributed by atoms with Crippen LogP contribution in [0.4, 0.5) is 11.0 Å². The number of thioether (sulfide) groups is 1. The second-order valence-electron chi connectivity index (χ2n) is 6.54. The van der Waals surface area contributed by atoms with Gasteiger partial charge in [-0.1, -0.05) is 23.1 Å². The number of amides is 2. The Hall–Kier alpha value is -2.67. The lowest BCUT2D eigenvalue weighted by Crippen LogP contribution is -2.48. The Kier molecular flexibility index (Phi) is 6.69. The highest BCUT2D eigenvalue weighted by Gasteiger charge is 2.27. The zero-order valence-corrected chi connectivity index (χ0v) is 17.5. The number of nitro groups is 1. The summed E-state index contributed by atoms with van der Waals surface area (Å²) in [6.45, 7) is 5.80. The molecule has 0 atom stereocenters. The molecule has 11 nitrogen and oxygen atoms in total. The monoisotopic (exact) mass is 440 g/mol. The minimum Gasteiger partial charge on any atom is -0.395 e. The maximum atomic E-state index is 12.4. The number of anilines is 1. The summed E-state index contributed by atoms with van der Waals surface area (Å²) in [6.07, 6.45) is 0. The fourth-order valence-electron chi connectivity index (χ4n) is 2.68. The van der Waals surface area contributed by atoms with Gasteiger partial charge in [-0.2, -0.15) is 0 Å². The molecule has 3 rings (SSSR count). The SMILES string of the molecule is CC(C)NC(=O)CSc1nnc(N2CCN(C(=O)c3ccc([N+](=O)[O-])o3)CC2)s1. The van der Waals surface area contributed by atoms with Gasteiger partial charge in [0.1, 0.15) is 4.92 Å². The Morgan fingerprint density at radius 3 is 2.66 bits per heavy atom. The van der Waals surface area contributed by atoms with E-state index in [1.54, 1.807) is 4.90 Å². The quantitative estimate of drug-likeness (QED) is 0.387. The zero-order valence-electron chi connectivity index (χ0n) is 15.9. The number of hydrogen-bond donors (Lipinski definition) is 1. The van der Waals surface area contributed by atoms with Crippen molar-refractivity contribution in [2.24, 2.45) is 0 Å². The molecule has 156 valence electrons. The molecule has 0 saturated carbocycles. The minimum absolute atomic E-state index is 0.0422. The third-order valence-corrected chi connectivity index (χ3v) is 6.11. The van der Waals surface area contributed by atoms with Crippen LogP contribution in [0.1, 0.15) is 24.4 Å². The van der Waals surface area contributed by atoms with Crippen molar-refractivity contribution in [1.82, 2.24) is 20.4 Å². The summed E-state index contributed by atoms with van der Waals surface area (Å²) in [7, 11) is 0. The lowest BCUT2D eigenvalue weighted by molar-refractivity contribution is -0.402. The largest absolute Gasteiger partial charge is 0.433 e. The Balaban J connectivity index is 1.50. The number of hydrogen-bond acceptors (Lipinski definition) is 10. The van der Waals surface area contributed by atoms with Crippen molar-refractivity contribution < 1.29 is 18.9 Å². The van der Waals surface area contributed by atoms with Crippen LogP contribution in [0.2, 0.25) is 0 Å². The van der Waals surface area contributed by atoms with Crippen molar-refractivity contribution >= 4 is 45.9 Å². The first-order valence-corrected chi connectivity index (χ1v) is 10.7. The van der Waals surface area contributed by atoms with Gasteiger partial charge in [-0.15, -0.1) is 10.2 Å². The van der Waals surface area contributed by atoms with E-state index >= 15 is 0 Å². The summed E-state index contributed by atoms with van der Waals surface area (Å²) in [4.78, 5) is 37.8. The average molecular weight is 441 g/mol. The van der Waals surface area contributed by atoms with Gasteiger partial charge in [0, 0.05) is 32.2 Å². The van der Waals surface area contributed by atoms with Crippen LogP contribution in [-0.2, 0) is 4.79 Å². The Morgan fingerprint density at radius 1 is 1.31 bits per heavy atom. The molecule has 0 aliphatic carbocycles. The third kappa shape index (κ3) is 5.44. The molecule has 2 amide bonds. The van der Waals surface area contributed by atoms with Crippen LogP contribution in [0.25, 0.3) is 0 Å². The Bertz CT molecular complexity index is 890. The van der Waals surface area contributed by atoms with E-state index in [1.165, 1.54) is 35.2 Å². The summed E-state index contributed by atoms with van der Waals surface area (Å²) in [6, 6.07) is 2.58. The van der Waals surface area contributed by atoms with Crippen LogP contribution < -0.4 is 10.2 Å². The number of carbonyl (C=O) groups excluding carboxylic acids is 2. The molecular formula is C16H20N6O5S2. The van der Waals surface area contributed by atoms with Gasteiger partial charge in [0.25, 0.3) is 5.91 Å². The van der Waals surface area contributed by atoms with Gasteiger partial charge in [0.2, 0.25) is 11.0 Å². The Labute approximate surface area is 174 Å². The second-order valence-corrected chi connectivity index (χ2v) is 8.71. The normalized spacial score (nSPS) is 14.3. The topological polar surface area (TPSA) is 135 Å². The number of carbonyl (C=O) groups is 2. The summed E-state index contributed by atoms with van der Waals surface area (Å²) in [5, 5.41) is 22.5. The molecule has 2 aromatic heterocycles. The van der Waals surface area contributed by atoms with Gasteiger partial charge in [0.15, 0.2) is 10.1 Å². The van der Waals surface area contributed by atoms with Crippen molar-refractivity contribution in [2.45, 2.75) is 24.2 Å². The van der Waals surface area contributed by atoms with E-state index in [4.69, 9.17) is 4.42 Å². The first kappa shape index (κ1) is 21.0. The lowest BCUT2D eigenvalue weighted by Gasteiger charge is -2.33. The maximum absolute atomic E-state index is 12.4. The van der Waals surface area contributed by atoms with Crippen molar-refractivity contribution in [3.05, 3.63) is 28.0 Å². The average Bonchev–Trinajstić information content (AvgIpc) is 3.35. The van der Waals surface area contributed by atoms with Gasteiger partial charge in [-0.25, -0.2) is 0 Å². The lowest BCUT2D eigenvalue weighted by atomic mass is 10.3. The molecule has 1 N–H and O–H groups in total. The summed E-state index contributed by atoms with van der Waals surface area (Å²) < 4.78 is 5.69. The van der Waals surface area contributed by atoms with Crippen LogP contribution in [-0.4, -0.2) is 69.8 Å². The smallest absolute Gasteiger partial charge is 0.395 e. The van der Waals surface area contributed by atoms with Gasteiger partial charge in [-0.3, -0.25) is 19.7 Å². The van der Waals surface area contributed by atoms with Gasteiger partial charge in [-0.05, 0) is 19.9 Å². The molecule has 0 unspecified atom stereocenters. The fraction of sp³-hybridized carbons (Fsp3) is 0.500. The molecule has 29 heavy (non-hydrogen) atoms.